The van der Waals surface area contributed by atoms with Gasteiger partial charge in [-0.05, 0) is 12.8 Å². The van der Waals surface area contributed by atoms with Crippen LogP contribution < -0.4 is 0 Å². The number of hydrogen-bond donors (Lipinski definition) is 0. The molecule has 0 saturated carbocycles. The van der Waals surface area contributed by atoms with Crippen molar-refractivity contribution in [1.29, 1.82) is 0 Å². The fourth-order valence-corrected chi connectivity index (χ4v) is 2.24. The summed E-state index contributed by atoms with van der Waals surface area (Å²) in [5.74, 6) is 1.05. The smallest absolute Gasteiger partial charge is 0.150 e. The predicted octanol–water partition coefficient (Wildman–Crippen LogP) is 1.04. The Hall–Kier alpha value is -0.380. The van der Waals surface area contributed by atoms with E-state index in [-0.39, 0.29) is 5.92 Å². The Morgan fingerprint density at radius 3 is 1.58 bits per heavy atom. The Labute approximate surface area is 74.1 Å². The molecule has 12 heavy (non-hydrogen) atoms. The van der Waals surface area contributed by atoms with Crippen LogP contribution in [0.5, 0.6) is 0 Å². The standard InChI is InChI=1S/C4H8O2S.C4H8O/c5-7(6)3-1-2-4-7;1-4(2)3-5/h1-4H2;3-4H,1-2H3. The molecule has 1 fully saturated rings. The zero-order chi connectivity index (χ0) is 9.61. The molecule has 3 nitrogen and oxygen atoms in total. The number of sulfone groups is 1. The first-order valence-electron chi connectivity index (χ1n) is 4.13. The Morgan fingerprint density at radius 1 is 1.17 bits per heavy atom. The van der Waals surface area contributed by atoms with Crippen LogP contribution in [0.25, 0.3) is 0 Å². The molecule has 0 radical (unpaired) electrons. The zero-order valence-electron chi connectivity index (χ0n) is 7.62. The molecule has 0 aromatic carbocycles. The Bertz CT molecular complexity index is 204. The fourth-order valence-electron chi connectivity index (χ4n) is 0.746. The number of rotatable bonds is 1. The molecule has 72 valence electrons. The third kappa shape index (κ3) is 6.34. The first-order valence-corrected chi connectivity index (χ1v) is 5.96. The maximum absolute atomic E-state index is 10.4. The normalized spacial score (nSPS) is 19.9. The van der Waals surface area contributed by atoms with Crippen molar-refractivity contribution in [2.75, 3.05) is 11.5 Å². The quantitative estimate of drug-likeness (QED) is 0.583. The molecule has 1 rings (SSSR count). The van der Waals surface area contributed by atoms with Gasteiger partial charge in [0.25, 0.3) is 0 Å². The minimum atomic E-state index is -2.55. The largest absolute Gasteiger partial charge is 0.303 e. The van der Waals surface area contributed by atoms with Gasteiger partial charge in [0, 0.05) is 5.92 Å². The lowest BCUT2D eigenvalue weighted by Crippen LogP contribution is -1.98. The second-order valence-electron chi connectivity index (χ2n) is 3.24. The molecule has 1 aliphatic rings. The average Bonchev–Trinajstić information content (AvgIpc) is 2.35. The highest BCUT2D eigenvalue weighted by Crippen LogP contribution is 2.08. The second kappa shape index (κ2) is 5.30. The second-order valence-corrected chi connectivity index (χ2v) is 5.54. The lowest BCUT2D eigenvalue weighted by Gasteiger charge is -1.81. The molecule has 1 heterocycles. The zero-order valence-corrected chi connectivity index (χ0v) is 8.43. The summed E-state index contributed by atoms with van der Waals surface area (Å²) in [4.78, 5) is 9.50. The van der Waals surface area contributed by atoms with Crippen molar-refractivity contribution in [3.05, 3.63) is 0 Å². The van der Waals surface area contributed by atoms with Gasteiger partial charge in [-0.1, -0.05) is 13.8 Å². The van der Waals surface area contributed by atoms with Crippen molar-refractivity contribution < 1.29 is 13.2 Å². The summed E-state index contributed by atoms with van der Waals surface area (Å²) in [6.07, 6.45) is 2.67. The van der Waals surface area contributed by atoms with E-state index in [1.165, 1.54) is 0 Å². The molecule has 0 N–H and O–H groups in total. The van der Waals surface area contributed by atoms with Crippen LogP contribution in [0, 0.1) is 5.92 Å². The van der Waals surface area contributed by atoms with E-state index in [0.717, 1.165) is 19.1 Å². The Morgan fingerprint density at radius 2 is 1.50 bits per heavy atom. The van der Waals surface area contributed by atoms with Gasteiger partial charge in [0.2, 0.25) is 0 Å². The van der Waals surface area contributed by atoms with E-state index >= 15 is 0 Å². The van der Waals surface area contributed by atoms with Crippen LogP contribution in [0.15, 0.2) is 0 Å². The SMILES string of the molecule is CC(C)C=O.O=S1(=O)CCCC1. The van der Waals surface area contributed by atoms with Gasteiger partial charge in [0.05, 0.1) is 11.5 Å². The van der Waals surface area contributed by atoms with Gasteiger partial charge in [-0.3, -0.25) is 0 Å². The van der Waals surface area contributed by atoms with Crippen molar-refractivity contribution in [2.45, 2.75) is 26.7 Å². The van der Waals surface area contributed by atoms with E-state index in [1.54, 1.807) is 0 Å². The van der Waals surface area contributed by atoms with Crippen LogP contribution in [0.2, 0.25) is 0 Å². The van der Waals surface area contributed by atoms with Gasteiger partial charge in [-0.15, -0.1) is 0 Å². The number of hydrogen-bond acceptors (Lipinski definition) is 3. The van der Waals surface area contributed by atoms with Crippen LogP contribution in [-0.2, 0) is 14.6 Å². The van der Waals surface area contributed by atoms with E-state index < -0.39 is 9.84 Å². The van der Waals surface area contributed by atoms with Crippen LogP contribution in [0.3, 0.4) is 0 Å². The third-order valence-corrected chi connectivity index (χ3v) is 3.25. The first kappa shape index (κ1) is 11.6. The topological polar surface area (TPSA) is 51.2 Å². The van der Waals surface area contributed by atoms with Gasteiger partial charge in [-0.25, -0.2) is 8.42 Å². The lowest BCUT2D eigenvalue weighted by molar-refractivity contribution is -0.110. The molecule has 0 unspecified atom stereocenters. The van der Waals surface area contributed by atoms with Gasteiger partial charge in [0.15, 0.2) is 0 Å². The first-order chi connectivity index (χ1) is 5.48. The third-order valence-electron chi connectivity index (χ3n) is 1.43. The summed E-state index contributed by atoms with van der Waals surface area (Å²) in [7, 11) is -2.55. The average molecular weight is 192 g/mol. The number of carbonyl (C=O) groups is 1. The monoisotopic (exact) mass is 192 g/mol. The van der Waals surface area contributed by atoms with Crippen LogP contribution >= 0.6 is 0 Å². The van der Waals surface area contributed by atoms with Crippen molar-refractivity contribution in [3.8, 4) is 0 Å². The summed E-state index contributed by atoms with van der Waals surface area (Å²) in [6.45, 7) is 3.71. The van der Waals surface area contributed by atoms with Gasteiger partial charge >= 0.3 is 0 Å². The molecular weight excluding hydrogens is 176 g/mol. The molecule has 0 spiro atoms. The minimum Gasteiger partial charge on any atom is -0.303 e. The van der Waals surface area contributed by atoms with Crippen LogP contribution in [-0.4, -0.2) is 26.2 Å². The molecule has 0 atom stereocenters. The van der Waals surface area contributed by atoms with E-state index in [2.05, 4.69) is 0 Å². The maximum Gasteiger partial charge on any atom is 0.150 e. The molecule has 0 aliphatic carbocycles. The molecule has 1 saturated heterocycles. The van der Waals surface area contributed by atoms with Crippen molar-refractivity contribution >= 4 is 16.1 Å². The molecule has 1 aliphatic heterocycles. The summed E-state index contributed by atoms with van der Waals surface area (Å²) < 4.78 is 20.9. The molecule has 4 heteroatoms. The van der Waals surface area contributed by atoms with Crippen LogP contribution in [0.1, 0.15) is 26.7 Å². The summed E-state index contributed by atoms with van der Waals surface area (Å²) >= 11 is 0. The molecule has 0 amide bonds. The highest BCUT2D eigenvalue weighted by Gasteiger charge is 2.16. The van der Waals surface area contributed by atoms with Gasteiger partial charge in [0.1, 0.15) is 16.1 Å². The maximum atomic E-state index is 10.4. The van der Waals surface area contributed by atoms with Crippen molar-refractivity contribution in [3.63, 3.8) is 0 Å². The molecule has 0 aromatic rings. The lowest BCUT2D eigenvalue weighted by atomic mass is 10.3. The highest BCUT2D eigenvalue weighted by molar-refractivity contribution is 7.91. The summed E-state index contributed by atoms with van der Waals surface area (Å²) in [5, 5.41) is 0. The van der Waals surface area contributed by atoms with Gasteiger partial charge < -0.3 is 4.79 Å². The predicted molar refractivity (Wildman–Crippen MR) is 48.8 cm³/mol. The van der Waals surface area contributed by atoms with Crippen molar-refractivity contribution in [1.82, 2.24) is 0 Å². The van der Waals surface area contributed by atoms with Crippen molar-refractivity contribution in [2.24, 2.45) is 5.92 Å². The minimum absolute atomic E-state index is 0.204. The molecular formula is C8H16O3S. The molecule has 0 bridgehead atoms. The van der Waals surface area contributed by atoms with E-state index in [9.17, 15) is 13.2 Å². The molecule has 0 aromatic heterocycles. The van der Waals surface area contributed by atoms with E-state index in [0.29, 0.717) is 11.5 Å². The Balaban J connectivity index is 0.000000217. The number of carbonyl (C=O) groups excluding carboxylic acids is 1. The van der Waals surface area contributed by atoms with E-state index in [1.807, 2.05) is 13.8 Å². The summed E-state index contributed by atoms with van der Waals surface area (Å²) in [6, 6.07) is 0. The van der Waals surface area contributed by atoms with Gasteiger partial charge in [-0.2, -0.15) is 0 Å². The number of aldehydes is 1. The Kier molecular flexibility index (Phi) is 5.13. The van der Waals surface area contributed by atoms with E-state index in [4.69, 9.17) is 0 Å². The van der Waals surface area contributed by atoms with Crippen LogP contribution in [0.4, 0.5) is 0 Å². The fraction of sp³-hybridized carbons (Fsp3) is 0.875. The highest BCUT2D eigenvalue weighted by atomic mass is 32.2. The summed E-state index contributed by atoms with van der Waals surface area (Å²) in [5.41, 5.74) is 0.